The van der Waals surface area contributed by atoms with E-state index in [1.54, 1.807) is 11.3 Å². The number of benzene rings is 1. The van der Waals surface area contributed by atoms with E-state index in [4.69, 9.17) is 4.99 Å². The van der Waals surface area contributed by atoms with E-state index in [1.807, 2.05) is 18.2 Å². The maximum absolute atomic E-state index is 9.59. The first-order valence-electron chi connectivity index (χ1n) is 7.45. The quantitative estimate of drug-likeness (QED) is 0.784. The molecule has 0 unspecified atom stereocenters. The Bertz CT molecular complexity index is 731. The molecule has 6 heteroatoms. The first kappa shape index (κ1) is 13.8. The Balaban J connectivity index is 1.81. The summed E-state index contributed by atoms with van der Waals surface area (Å²) in [5.41, 5.74) is 3.16. The third kappa shape index (κ3) is 2.39. The van der Waals surface area contributed by atoms with Crippen molar-refractivity contribution in [2.24, 2.45) is 4.99 Å². The second-order valence-electron chi connectivity index (χ2n) is 5.62. The van der Waals surface area contributed by atoms with Gasteiger partial charge in [0.05, 0.1) is 16.9 Å². The van der Waals surface area contributed by atoms with Crippen molar-refractivity contribution in [3.8, 4) is 0 Å². The lowest BCUT2D eigenvalue weighted by Crippen LogP contribution is -2.47. The molecule has 5 nitrogen and oxygen atoms in total. The summed E-state index contributed by atoms with van der Waals surface area (Å²) in [7, 11) is 0. The van der Waals surface area contributed by atoms with Crippen molar-refractivity contribution in [1.82, 2.24) is 9.96 Å². The van der Waals surface area contributed by atoms with Gasteiger partial charge >= 0.3 is 0 Å². The molecule has 1 aromatic heterocycles. The summed E-state index contributed by atoms with van der Waals surface area (Å²) < 4.78 is 0. The highest BCUT2D eigenvalue weighted by atomic mass is 32.1. The van der Waals surface area contributed by atoms with Gasteiger partial charge < -0.3 is 15.4 Å². The van der Waals surface area contributed by atoms with Gasteiger partial charge in [0, 0.05) is 31.1 Å². The van der Waals surface area contributed by atoms with Crippen LogP contribution in [0.2, 0.25) is 0 Å². The van der Waals surface area contributed by atoms with Gasteiger partial charge in [0.15, 0.2) is 0 Å². The first-order chi connectivity index (χ1) is 10.7. The maximum atomic E-state index is 9.59. The predicted octanol–water partition coefficient (Wildman–Crippen LogP) is 3.20. The molecule has 0 bridgehead atoms. The lowest BCUT2D eigenvalue weighted by molar-refractivity contribution is -0.109. The van der Waals surface area contributed by atoms with Crippen molar-refractivity contribution >= 4 is 33.5 Å². The molecule has 4 rings (SSSR count). The third-order valence-corrected chi connectivity index (χ3v) is 5.00. The van der Waals surface area contributed by atoms with Crippen molar-refractivity contribution in [2.45, 2.75) is 6.92 Å². The zero-order chi connectivity index (χ0) is 15.1. The lowest BCUT2D eigenvalue weighted by atomic mass is 10.2. The van der Waals surface area contributed by atoms with Crippen molar-refractivity contribution in [2.75, 3.05) is 31.5 Å². The van der Waals surface area contributed by atoms with Gasteiger partial charge in [0.25, 0.3) is 0 Å². The van der Waals surface area contributed by atoms with Crippen LogP contribution in [-0.2, 0) is 0 Å². The highest BCUT2D eigenvalue weighted by Crippen LogP contribution is 2.39. The molecular formula is C16H18N4OS. The standard InChI is InChI=1S/C16H18N4OS/c1-11-10-12-15(19-6-8-20(21)9-7-19)17-13-4-2-3-5-14(13)18-16(12)22-11/h2-5,10,18,21H,6-9H2,1H3. The summed E-state index contributed by atoms with van der Waals surface area (Å²) in [4.78, 5) is 8.46. The van der Waals surface area contributed by atoms with Crippen molar-refractivity contribution < 1.29 is 5.21 Å². The summed E-state index contributed by atoms with van der Waals surface area (Å²) in [6, 6.07) is 10.3. The Morgan fingerprint density at radius 1 is 1.18 bits per heavy atom. The van der Waals surface area contributed by atoms with Crippen LogP contribution in [0.4, 0.5) is 16.4 Å². The number of piperazine rings is 1. The lowest BCUT2D eigenvalue weighted by Gasteiger charge is -2.33. The average molecular weight is 314 g/mol. The monoisotopic (exact) mass is 314 g/mol. The topological polar surface area (TPSA) is 51.1 Å². The minimum absolute atomic E-state index is 0.645. The number of anilines is 2. The van der Waals surface area contributed by atoms with Gasteiger partial charge in [-0.2, -0.15) is 5.06 Å². The molecule has 2 aromatic rings. The second kappa shape index (κ2) is 5.39. The number of hydrogen-bond acceptors (Lipinski definition) is 6. The number of rotatable bonds is 0. The number of para-hydroxylation sites is 2. The molecule has 1 saturated heterocycles. The summed E-state index contributed by atoms with van der Waals surface area (Å²) >= 11 is 1.76. The smallest absolute Gasteiger partial charge is 0.139 e. The summed E-state index contributed by atoms with van der Waals surface area (Å²) in [5, 5.41) is 15.6. The number of thiophene rings is 1. The van der Waals surface area contributed by atoms with Gasteiger partial charge in [-0.1, -0.05) is 12.1 Å². The largest absolute Gasteiger partial charge is 0.353 e. The van der Waals surface area contributed by atoms with Gasteiger partial charge in [-0.15, -0.1) is 11.3 Å². The minimum Gasteiger partial charge on any atom is -0.353 e. The molecule has 2 N–H and O–H groups in total. The van der Waals surface area contributed by atoms with Crippen molar-refractivity contribution in [1.29, 1.82) is 0 Å². The van der Waals surface area contributed by atoms with Gasteiger partial charge in [-0.25, -0.2) is 4.99 Å². The molecule has 22 heavy (non-hydrogen) atoms. The molecule has 0 aliphatic carbocycles. The van der Waals surface area contributed by atoms with E-state index in [9.17, 15) is 5.21 Å². The number of nitrogens with zero attached hydrogens (tertiary/aromatic N) is 3. The second-order valence-corrected chi connectivity index (χ2v) is 6.87. The molecule has 2 aliphatic heterocycles. The van der Waals surface area contributed by atoms with Crippen LogP contribution in [0.25, 0.3) is 0 Å². The van der Waals surface area contributed by atoms with E-state index in [2.05, 4.69) is 29.3 Å². The van der Waals surface area contributed by atoms with Gasteiger partial charge in [0.2, 0.25) is 0 Å². The molecule has 2 aliphatic rings. The molecule has 3 heterocycles. The van der Waals surface area contributed by atoms with Gasteiger partial charge in [-0.05, 0) is 25.1 Å². The fourth-order valence-corrected chi connectivity index (χ4v) is 3.82. The van der Waals surface area contributed by atoms with E-state index < -0.39 is 0 Å². The minimum atomic E-state index is 0.645. The Labute approximate surface area is 133 Å². The number of hydrogen-bond donors (Lipinski definition) is 2. The number of fused-ring (bicyclic) bond motifs is 2. The first-order valence-corrected chi connectivity index (χ1v) is 8.27. The third-order valence-electron chi connectivity index (χ3n) is 4.03. The fraction of sp³-hybridized carbons (Fsp3) is 0.312. The number of aryl methyl sites for hydroxylation is 1. The van der Waals surface area contributed by atoms with Crippen LogP contribution in [0.1, 0.15) is 10.4 Å². The number of aliphatic imine (C=N–C) groups is 1. The number of amidine groups is 1. The van der Waals surface area contributed by atoms with Crippen molar-refractivity contribution in [3.63, 3.8) is 0 Å². The zero-order valence-corrected chi connectivity index (χ0v) is 13.2. The average Bonchev–Trinajstić information content (AvgIpc) is 2.80. The van der Waals surface area contributed by atoms with E-state index in [1.165, 1.54) is 9.94 Å². The Morgan fingerprint density at radius 3 is 2.77 bits per heavy atom. The predicted molar refractivity (Wildman–Crippen MR) is 89.9 cm³/mol. The van der Waals surface area contributed by atoms with Crippen LogP contribution in [0.5, 0.6) is 0 Å². The molecule has 1 fully saturated rings. The van der Waals surface area contributed by atoms with E-state index in [-0.39, 0.29) is 0 Å². The number of nitrogens with one attached hydrogen (secondary N) is 1. The van der Waals surface area contributed by atoms with Gasteiger partial charge in [0.1, 0.15) is 10.8 Å². The molecule has 1 aromatic carbocycles. The molecular weight excluding hydrogens is 296 g/mol. The molecule has 0 radical (unpaired) electrons. The Kier molecular flexibility index (Phi) is 3.37. The number of hydroxylamine groups is 2. The van der Waals surface area contributed by atoms with E-state index in [0.717, 1.165) is 40.9 Å². The maximum Gasteiger partial charge on any atom is 0.139 e. The molecule has 0 amide bonds. The summed E-state index contributed by atoms with van der Waals surface area (Å²) in [6.07, 6.45) is 0. The normalized spacial score (nSPS) is 18.1. The van der Waals surface area contributed by atoms with Crippen LogP contribution >= 0.6 is 11.3 Å². The summed E-state index contributed by atoms with van der Waals surface area (Å²) in [5.74, 6) is 1.00. The van der Waals surface area contributed by atoms with Crippen LogP contribution < -0.4 is 5.32 Å². The molecule has 0 saturated carbocycles. The van der Waals surface area contributed by atoms with Crippen LogP contribution in [0.3, 0.4) is 0 Å². The fourth-order valence-electron chi connectivity index (χ4n) is 2.90. The highest BCUT2D eigenvalue weighted by molar-refractivity contribution is 7.16. The van der Waals surface area contributed by atoms with Crippen LogP contribution in [-0.4, -0.2) is 47.2 Å². The van der Waals surface area contributed by atoms with E-state index in [0.29, 0.717) is 13.1 Å². The van der Waals surface area contributed by atoms with Crippen molar-refractivity contribution in [3.05, 3.63) is 40.8 Å². The van der Waals surface area contributed by atoms with Crippen LogP contribution in [0.15, 0.2) is 35.3 Å². The Hall–Kier alpha value is -1.89. The SMILES string of the molecule is Cc1cc2c(s1)Nc1ccccc1N=C2N1CCN(O)CC1. The van der Waals surface area contributed by atoms with E-state index >= 15 is 0 Å². The molecule has 0 atom stereocenters. The molecule has 114 valence electrons. The zero-order valence-electron chi connectivity index (χ0n) is 12.4. The highest BCUT2D eigenvalue weighted by Gasteiger charge is 2.25. The summed E-state index contributed by atoms with van der Waals surface area (Å²) in [6.45, 7) is 4.98. The van der Waals surface area contributed by atoms with Crippen LogP contribution in [0, 0.1) is 6.92 Å². The molecule has 0 spiro atoms. The van der Waals surface area contributed by atoms with Gasteiger partial charge in [-0.3, -0.25) is 0 Å². The Morgan fingerprint density at radius 2 is 1.95 bits per heavy atom.